The van der Waals surface area contributed by atoms with Crippen molar-refractivity contribution in [2.45, 2.75) is 37.8 Å². The van der Waals surface area contributed by atoms with E-state index in [1.54, 1.807) is 30.5 Å². The van der Waals surface area contributed by atoms with Crippen LogP contribution in [0.2, 0.25) is 0 Å². The zero-order chi connectivity index (χ0) is 21.1. The number of amides is 1. The molecule has 8 nitrogen and oxygen atoms in total. The number of hydrogen-bond acceptors (Lipinski definition) is 4. The minimum Gasteiger partial charge on any atom is -0.382 e. The molecule has 30 heavy (non-hydrogen) atoms. The number of carbonyl (C=O) groups excluding carboxylic acids is 1. The smallest absolute Gasteiger partial charge is 0.207 e. The second-order valence-corrected chi connectivity index (χ2v) is 7.29. The summed E-state index contributed by atoms with van der Waals surface area (Å²) in [7, 11) is 0. The molecule has 1 aliphatic carbocycles. The second kappa shape index (κ2) is 8.40. The van der Waals surface area contributed by atoms with Crippen LogP contribution >= 0.6 is 0 Å². The van der Waals surface area contributed by atoms with Gasteiger partial charge in [-0.25, -0.2) is 14.4 Å². The van der Waals surface area contributed by atoms with Crippen molar-refractivity contribution in [3.8, 4) is 11.4 Å². The van der Waals surface area contributed by atoms with Crippen molar-refractivity contribution >= 4 is 29.6 Å². The van der Waals surface area contributed by atoms with Gasteiger partial charge in [0.1, 0.15) is 29.2 Å². The van der Waals surface area contributed by atoms with E-state index in [0.717, 1.165) is 37.5 Å². The van der Waals surface area contributed by atoms with Crippen molar-refractivity contribution in [2.24, 2.45) is 10.7 Å². The Morgan fingerprint density at radius 1 is 1.37 bits per heavy atom. The number of carbonyl (C=O) groups is 1. The van der Waals surface area contributed by atoms with Crippen molar-refractivity contribution in [3.63, 3.8) is 0 Å². The average molecular weight is 407 g/mol. The fraction of sp³-hybridized carbons (Fsp3) is 0.286. The normalized spacial score (nSPS) is 19.6. The van der Waals surface area contributed by atoms with Crippen LogP contribution in [0.25, 0.3) is 22.4 Å². The van der Waals surface area contributed by atoms with Crippen LogP contribution in [0.3, 0.4) is 0 Å². The number of halogens is 1. The summed E-state index contributed by atoms with van der Waals surface area (Å²) >= 11 is 0. The van der Waals surface area contributed by atoms with Crippen molar-refractivity contribution in [1.82, 2.24) is 19.9 Å². The highest BCUT2D eigenvalue weighted by Crippen LogP contribution is 2.36. The third-order valence-corrected chi connectivity index (χ3v) is 5.47. The van der Waals surface area contributed by atoms with Crippen LogP contribution in [0.15, 0.2) is 41.5 Å². The summed E-state index contributed by atoms with van der Waals surface area (Å²) < 4.78 is 16.7. The monoisotopic (exact) mass is 407 g/mol. The van der Waals surface area contributed by atoms with E-state index in [2.05, 4.69) is 20.3 Å². The van der Waals surface area contributed by atoms with Crippen molar-refractivity contribution in [2.75, 3.05) is 0 Å². The van der Waals surface area contributed by atoms with Gasteiger partial charge in [0.2, 0.25) is 6.41 Å². The van der Waals surface area contributed by atoms with Crippen LogP contribution in [-0.4, -0.2) is 39.2 Å². The number of aromatic nitrogens is 3. The van der Waals surface area contributed by atoms with Gasteiger partial charge in [-0.15, -0.1) is 0 Å². The Kier molecular flexibility index (Phi) is 5.51. The summed E-state index contributed by atoms with van der Waals surface area (Å²) in [6, 6.07) is 8.38. The molecule has 2 aromatic heterocycles. The maximum absolute atomic E-state index is 14.7. The summed E-state index contributed by atoms with van der Waals surface area (Å²) in [5.74, 6) is 0.281. The van der Waals surface area contributed by atoms with Gasteiger partial charge >= 0.3 is 0 Å². The SMILES string of the molecule is N=CN=C(N)c1cc2c(cn1)nc(-c1ccccc1F)n2C1CCCC(NC=O)C1. The topological polar surface area (TPSA) is 122 Å². The molecule has 2 atom stereocenters. The number of benzene rings is 1. The van der Waals surface area contributed by atoms with E-state index >= 15 is 0 Å². The Morgan fingerprint density at radius 3 is 2.97 bits per heavy atom. The highest BCUT2D eigenvalue weighted by atomic mass is 19.1. The Bertz CT molecular complexity index is 1120. The molecule has 1 amide bonds. The predicted molar refractivity (Wildman–Crippen MR) is 113 cm³/mol. The molecule has 3 aromatic rings. The lowest BCUT2D eigenvalue weighted by atomic mass is 9.90. The number of amidine groups is 1. The summed E-state index contributed by atoms with van der Waals surface area (Å²) in [6.07, 6.45) is 6.61. The first-order valence-electron chi connectivity index (χ1n) is 9.77. The summed E-state index contributed by atoms with van der Waals surface area (Å²) in [5, 5.41) is 10.0. The molecule has 0 aliphatic heterocycles. The summed E-state index contributed by atoms with van der Waals surface area (Å²) in [6.45, 7) is 0. The molecule has 2 unspecified atom stereocenters. The molecule has 0 radical (unpaired) electrons. The van der Waals surface area contributed by atoms with Gasteiger partial charge in [0.15, 0.2) is 5.84 Å². The number of pyridine rings is 1. The molecule has 4 rings (SSSR count). The van der Waals surface area contributed by atoms with E-state index in [1.807, 2.05) is 4.57 Å². The van der Waals surface area contributed by atoms with Crippen LogP contribution in [0.5, 0.6) is 0 Å². The number of nitrogens with two attached hydrogens (primary N) is 1. The van der Waals surface area contributed by atoms with Crippen LogP contribution in [0.4, 0.5) is 4.39 Å². The first-order chi connectivity index (χ1) is 14.6. The zero-order valence-corrected chi connectivity index (χ0v) is 16.3. The number of fused-ring (bicyclic) bond motifs is 1. The van der Waals surface area contributed by atoms with E-state index in [1.165, 1.54) is 6.07 Å². The standard InChI is InChI=1S/C21H22FN7O/c22-16-7-2-1-6-15(16)21-28-18-10-25-17(20(24)26-11-23)9-19(18)29(21)14-5-3-4-13(8-14)27-12-30/h1-2,6-7,9-14H,3-5,8H2,(H,27,30)(H3,23,24,26). The molecular formula is C21H22FN7O. The predicted octanol–water partition coefficient (Wildman–Crippen LogP) is 2.78. The van der Waals surface area contributed by atoms with E-state index in [9.17, 15) is 9.18 Å². The van der Waals surface area contributed by atoms with Gasteiger partial charge in [-0.2, -0.15) is 0 Å². The summed E-state index contributed by atoms with van der Waals surface area (Å²) in [4.78, 5) is 23.7. The number of nitrogens with zero attached hydrogens (tertiary/aromatic N) is 4. The molecular weight excluding hydrogens is 385 g/mol. The van der Waals surface area contributed by atoms with Crippen LogP contribution < -0.4 is 11.1 Å². The first-order valence-corrected chi connectivity index (χ1v) is 9.77. The molecule has 2 heterocycles. The molecule has 1 aliphatic rings. The number of nitrogens with one attached hydrogen (secondary N) is 2. The third-order valence-electron chi connectivity index (χ3n) is 5.47. The molecule has 0 spiro atoms. The second-order valence-electron chi connectivity index (χ2n) is 7.29. The molecule has 9 heteroatoms. The van der Waals surface area contributed by atoms with Gasteiger partial charge in [0, 0.05) is 12.1 Å². The average Bonchev–Trinajstić information content (AvgIpc) is 3.13. The van der Waals surface area contributed by atoms with E-state index in [4.69, 9.17) is 11.1 Å². The molecule has 0 bridgehead atoms. The van der Waals surface area contributed by atoms with Crippen LogP contribution in [-0.2, 0) is 4.79 Å². The molecule has 0 saturated heterocycles. The van der Waals surface area contributed by atoms with Crippen molar-refractivity contribution in [1.29, 1.82) is 5.41 Å². The van der Waals surface area contributed by atoms with Gasteiger partial charge in [-0.1, -0.05) is 12.1 Å². The molecule has 1 saturated carbocycles. The molecule has 1 aromatic carbocycles. The largest absolute Gasteiger partial charge is 0.382 e. The maximum atomic E-state index is 14.7. The minimum absolute atomic E-state index is 0.0203. The minimum atomic E-state index is -0.356. The van der Waals surface area contributed by atoms with E-state index in [0.29, 0.717) is 29.0 Å². The van der Waals surface area contributed by atoms with Crippen molar-refractivity contribution < 1.29 is 9.18 Å². The van der Waals surface area contributed by atoms with Gasteiger partial charge < -0.3 is 15.6 Å². The lowest BCUT2D eigenvalue weighted by Gasteiger charge is -2.31. The Labute approximate surface area is 172 Å². The highest BCUT2D eigenvalue weighted by Gasteiger charge is 2.28. The fourth-order valence-electron chi connectivity index (χ4n) is 4.12. The van der Waals surface area contributed by atoms with Gasteiger partial charge in [0.05, 0.1) is 17.3 Å². The summed E-state index contributed by atoms with van der Waals surface area (Å²) in [5.41, 5.74) is 8.13. The van der Waals surface area contributed by atoms with Crippen LogP contribution in [0, 0.1) is 11.2 Å². The van der Waals surface area contributed by atoms with Crippen molar-refractivity contribution in [3.05, 3.63) is 48.0 Å². The van der Waals surface area contributed by atoms with Gasteiger partial charge in [-0.05, 0) is 43.9 Å². The van der Waals surface area contributed by atoms with Crippen LogP contribution in [0.1, 0.15) is 37.4 Å². The Balaban J connectivity index is 1.91. The van der Waals surface area contributed by atoms with Gasteiger partial charge in [-0.3, -0.25) is 15.2 Å². The lowest BCUT2D eigenvalue weighted by Crippen LogP contribution is -2.34. The fourth-order valence-corrected chi connectivity index (χ4v) is 4.12. The number of aliphatic imine (C=N–C) groups is 1. The van der Waals surface area contributed by atoms with E-state index < -0.39 is 0 Å². The Hall–Kier alpha value is -3.62. The molecule has 154 valence electrons. The number of imidazole rings is 1. The first kappa shape index (κ1) is 19.7. The quantitative estimate of drug-likeness (QED) is 0.330. The number of rotatable bonds is 6. The highest BCUT2D eigenvalue weighted by molar-refractivity contribution is 6.01. The molecule has 1 fully saturated rings. The number of hydrogen-bond donors (Lipinski definition) is 3. The third kappa shape index (κ3) is 3.66. The maximum Gasteiger partial charge on any atom is 0.207 e. The zero-order valence-electron chi connectivity index (χ0n) is 16.3. The molecule has 4 N–H and O–H groups in total. The van der Waals surface area contributed by atoms with Gasteiger partial charge in [0.25, 0.3) is 0 Å². The lowest BCUT2D eigenvalue weighted by molar-refractivity contribution is -0.110. The van der Waals surface area contributed by atoms with E-state index in [-0.39, 0.29) is 23.7 Å². The Morgan fingerprint density at radius 2 is 2.20 bits per heavy atom.